The van der Waals surface area contributed by atoms with Crippen LogP contribution in [0, 0.1) is 11.3 Å². The summed E-state index contributed by atoms with van der Waals surface area (Å²) in [4.78, 5) is 63.5. The maximum atomic E-state index is 14.7. The monoisotopic (exact) mass is 918 g/mol. The van der Waals surface area contributed by atoms with Crippen molar-refractivity contribution in [2.45, 2.75) is 128 Å². The van der Waals surface area contributed by atoms with E-state index in [2.05, 4.69) is 15.6 Å². The Kier molecular flexibility index (Phi) is 13.0. The smallest absolute Gasteiger partial charge is 0.427 e. The van der Waals surface area contributed by atoms with Crippen molar-refractivity contribution in [2.75, 3.05) is 32.8 Å². The number of pyridine rings is 1. The minimum atomic E-state index is -4.94. The number of benzene rings is 1. The molecule has 4 N–H and O–H groups in total. The predicted octanol–water partition coefficient (Wildman–Crippen LogP) is 3.99. The van der Waals surface area contributed by atoms with Crippen molar-refractivity contribution >= 4 is 56.6 Å². The van der Waals surface area contributed by atoms with E-state index >= 15 is 0 Å². The Bertz CT molecular complexity index is 2180. The highest BCUT2D eigenvalue weighted by atomic mass is 35.5. The number of nitrogens with zero attached hydrogens (tertiary/aromatic N) is 3. The van der Waals surface area contributed by atoms with Gasteiger partial charge in [0.1, 0.15) is 36.1 Å². The molecule has 1 aromatic heterocycles. The molecule has 22 heteroatoms. The number of β-amino-alcohol motifs (C(OH)–C–C–N with tert-alkyl or cyclic N) is 1. The number of nitrogens with one attached hydrogen (secondary N) is 3. The van der Waals surface area contributed by atoms with Gasteiger partial charge in [-0.25, -0.2) is 18.7 Å². The van der Waals surface area contributed by atoms with Crippen molar-refractivity contribution in [3.8, 4) is 11.6 Å². The number of ether oxygens (including phenoxy) is 3. The lowest BCUT2D eigenvalue weighted by molar-refractivity contribution is -0.244. The van der Waals surface area contributed by atoms with Crippen LogP contribution < -0.4 is 24.8 Å². The molecule has 17 nitrogen and oxygen atoms in total. The summed E-state index contributed by atoms with van der Waals surface area (Å²) in [6.07, 6.45) is -6.62. The number of carbonyl (C=O) groups is 4. The molecule has 0 radical (unpaired) electrons. The molecule has 2 aromatic rings. The first-order chi connectivity index (χ1) is 28.7. The predicted molar refractivity (Wildman–Crippen MR) is 217 cm³/mol. The highest BCUT2D eigenvalue weighted by Gasteiger charge is 2.62. The number of hydrogen-bond donors (Lipinski definition) is 4. The number of carbonyl (C=O) groups excluding carboxylic acids is 4. The molecule has 2 saturated carbocycles. The molecule has 4 amide bonds. The molecule has 0 spiro atoms. The highest BCUT2D eigenvalue weighted by molar-refractivity contribution is 7.85. The van der Waals surface area contributed by atoms with Crippen molar-refractivity contribution in [1.29, 1.82) is 0 Å². The summed E-state index contributed by atoms with van der Waals surface area (Å²) in [6, 6.07) is 3.58. The summed E-state index contributed by atoms with van der Waals surface area (Å²) in [5, 5.41) is 15.4. The van der Waals surface area contributed by atoms with E-state index in [1.54, 1.807) is 52.8 Å². The molecular weight excluding hydrogens is 865 g/mol. The van der Waals surface area contributed by atoms with Gasteiger partial charge in [-0.05, 0) is 63.5 Å². The lowest BCUT2D eigenvalue weighted by atomic mass is 9.85. The van der Waals surface area contributed by atoms with Crippen molar-refractivity contribution in [3.63, 3.8) is 0 Å². The molecule has 3 heterocycles. The van der Waals surface area contributed by atoms with Crippen LogP contribution in [0.15, 0.2) is 24.3 Å². The fourth-order valence-electron chi connectivity index (χ4n) is 7.51. The molecule has 2 aliphatic heterocycles. The van der Waals surface area contributed by atoms with Crippen LogP contribution in [0.2, 0.25) is 5.02 Å². The van der Waals surface area contributed by atoms with Gasteiger partial charge in [0.15, 0.2) is 0 Å². The third kappa shape index (κ3) is 10.6. The van der Waals surface area contributed by atoms with Gasteiger partial charge < -0.3 is 34.9 Å². The molecule has 4 aliphatic rings. The van der Waals surface area contributed by atoms with Crippen molar-refractivity contribution in [1.82, 2.24) is 30.1 Å². The summed E-state index contributed by atoms with van der Waals surface area (Å²) in [5.41, 5.74) is -6.38. The number of aliphatic hydroxyl groups excluding tert-OH is 1. The zero-order chi connectivity index (χ0) is 45.8. The van der Waals surface area contributed by atoms with Gasteiger partial charge in [-0.2, -0.15) is 21.6 Å². The van der Waals surface area contributed by atoms with Crippen LogP contribution in [-0.4, -0.2) is 132 Å². The van der Waals surface area contributed by atoms with E-state index in [0.29, 0.717) is 63.6 Å². The first-order valence-corrected chi connectivity index (χ1v) is 22.2. The van der Waals surface area contributed by atoms with E-state index in [-0.39, 0.29) is 42.6 Å². The summed E-state index contributed by atoms with van der Waals surface area (Å²) in [5.74, 6) is -2.84. The average molecular weight is 919 g/mol. The van der Waals surface area contributed by atoms with E-state index in [4.69, 9.17) is 30.0 Å². The lowest BCUT2D eigenvalue weighted by Gasteiger charge is -2.36. The molecule has 1 aromatic carbocycles. The molecule has 4 fully saturated rings. The van der Waals surface area contributed by atoms with Gasteiger partial charge in [-0.3, -0.25) is 19.3 Å². The zero-order valence-corrected chi connectivity index (χ0v) is 37.1. The molecule has 6 rings (SSSR count). The standard InChI is InChI=1S/C40H54ClF3N6O11S/c1-8-22-18-39(22,34(54)48-62(56,57)61-38(7)12-13-38)47-32(52)27-16-24(21-50(27)33(53)31(36(2,3)4)46-35(55)60-37(5,6)40(42,43)44)59-28-17-29(58-15-14-49-19-23(51)20-49)45-30-25(28)10-9-11-26(30)41/h9-11,17,22-24,27,31,51H,8,12-16,18-21H2,1-7H3,(H,46,55)(H,47,52)(H,48,54)/t22-,24-,27+,31-,39-/m1/s1. The quantitative estimate of drug-likeness (QED) is 0.188. The number of aromatic nitrogens is 1. The van der Waals surface area contributed by atoms with Gasteiger partial charge in [-0.1, -0.05) is 51.8 Å². The molecular formula is C40H54ClF3N6O11S. The molecule has 5 atom stereocenters. The number of likely N-dealkylation sites (tertiary alicyclic amines) is 2. The highest BCUT2D eigenvalue weighted by Crippen LogP contribution is 2.47. The molecule has 0 bridgehead atoms. The van der Waals surface area contributed by atoms with Gasteiger partial charge in [0.25, 0.3) is 5.91 Å². The summed E-state index contributed by atoms with van der Waals surface area (Å²) in [6.45, 7) is 10.8. The Morgan fingerprint density at radius 1 is 1.08 bits per heavy atom. The maximum absolute atomic E-state index is 14.7. The van der Waals surface area contributed by atoms with Gasteiger partial charge in [0.2, 0.25) is 23.3 Å². The van der Waals surface area contributed by atoms with E-state index in [0.717, 1.165) is 4.90 Å². The molecule has 62 heavy (non-hydrogen) atoms. The normalized spacial score (nSPS) is 24.5. The fraction of sp³-hybridized carbons (Fsp3) is 0.675. The number of halogens is 4. The Hall–Kier alpha value is -4.18. The largest absolute Gasteiger partial charge is 0.488 e. The third-order valence-corrected chi connectivity index (χ3v) is 13.1. The number of rotatable bonds is 16. The van der Waals surface area contributed by atoms with E-state index in [1.165, 1.54) is 6.07 Å². The molecule has 344 valence electrons. The van der Waals surface area contributed by atoms with Gasteiger partial charge in [0.05, 0.1) is 28.8 Å². The fourth-order valence-corrected chi connectivity index (χ4v) is 8.87. The second kappa shape index (κ2) is 17.1. The van der Waals surface area contributed by atoms with Gasteiger partial charge in [0, 0.05) is 37.5 Å². The van der Waals surface area contributed by atoms with Crippen LogP contribution in [0.5, 0.6) is 11.6 Å². The van der Waals surface area contributed by atoms with Crippen LogP contribution in [0.4, 0.5) is 18.0 Å². The van der Waals surface area contributed by atoms with Crippen LogP contribution in [-0.2, 0) is 33.6 Å². The van der Waals surface area contributed by atoms with E-state index in [1.807, 2.05) is 9.62 Å². The molecule has 2 aliphatic carbocycles. The van der Waals surface area contributed by atoms with Gasteiger partial charge >= 0.3 is 22.6 Å². The van der Waals surface area contributed by atoms with Crippen LogP contribution >= 0.6 is 11.6 Å². The maximum Gasteiger partial charge on any atom is 0.427 e. The Morgan fingerprint density at radius 2 is 1.76 bits per heavy atom. The topological polar surface area (TPSA) is 215 Å². The summed E-state index contributed by atoms with van der Waals surface area (Å²) in [7, 11) is -4.57. The van der Waals surface area contributed by atoms with E-state index in [9.17, 15) is 45.9 Å². The Morgan fingerprint density at radius 3 is 2.34 bits per heavy atom. The first-order valence-electron chi connectivity index (χ1n) is 20.4. The van der Waals surface area contributed by atoms with Crippen molar-refractivity contribution in [3.05, 3.63) is 29.3 Å². The lowest BCUT2D eigenvalue weighted by Crippen LogP contribution is -2.60. The Balaban J connectivity index is 1.29. The number of hydrogen-bond acceptors (Lipinski definition) is 13. The number of para-hydroxylation sites is 1. The van der Waals surface area contributed by atoms with Crippen molar-refractivity contribution in [2.24, 2.45) is 11.3 Å². The molecule has 0 unspecified atom stereocenters. The SMILES string of the molecule is CC[C@@H]1C[C@]1(NC(=O)[C@@H]1C[C@@H](Oc2cc(OCCN3CC(O)C3)nc3c(Cl)cccc23)CN1C(=O)[C@@H](NC(=O)OC(C)(C)C(F)(F)F)C(C)(C)C)C(=O)NS(=O)(=O)OC1(C)CC1. The summed E-state index contributed by atoms with van der Waals surface area (Å²) < 4.78 is 91.0. The Labute approximate surface area is 362 Å². The number of fused-ring (bicyclic) bond motifs is 1. The van der Waals surface area contributed by atoms with Crippen LogP contribution in [0.1, 0.15) is 80.6 Å². The zero-order valence-electron chi connectivity index (χ0n) is 35.6. The third-order valence-electron chi connectivity index (χ3n) is 11.7. The van der Waals surface area contributed by atoms with Gasteiger partial charge in [-0.15, -0.1) is 0 Å². The van der Waals surface area contributed by atoms with Crippen LogP contribution in [0.3, 0.4) is 0 Å². The number of aliphatic hydroxyl groups is 1. The number of alkyl halides is 3. The number of alkyl carbamates (subject to hydrolysis) is 1. The summed E-state index contributed by atoms with van der Waals surface area (Å²) >= 11 is 6.55. The molecule has 2 saturated heterocycles. The minimum absolute atomic E-state index is 0.0757. The van der Waals surface area contributed by atoms with Crippen molar-refractivity contribution < 1.29 is 64.3 Å². The minimum Gasteiger partial charge on any atom is -0.488 e. The average Bonchev–Trinajstić information content (AvgIpc) is 4.00. The first kappa shape index (κ1) is 47.3. The second-order valence-corrected chi connectivity index (χ2v) is 20.1. The second-order valence-electron chi connectivity index (χ2n) is 18.4. The van der Waals surface area contributed by atoms with E-state index < -0.39 is 92.7 Å². The van der Waals surface area contributed by atoms with Crippen LogP contribution in [0.25, 0.3) is 10.9 Å². The number of amides is 4.